The van der Waals surface area contributed by atoms with Gasteiger partial charge in [-0.25, -0.2) is 4.39 Å². The van der Waals surface area contributed by atoms with E-state index in [0.717, 1.165) is 0 Å². The maximum Gasteiger partial charge on any atom is 0.230 e. The summed E-state index contributed by atoms with van der Waals surface area (Å²) in [7, 11) is 0. The highest BCUT2D eigenvalue weighted by Crippen LogP contribution is 2.37. The van der Waals surface area contributed by atoms with Crippen LogP contribution in [0.4, 0.5) is 10.3 Å². The Morgan fingerprint density at radius 3 is 2.72 bits per heavy atom. The molecule has 0 saturated carbocycles. The molecule has 4 nitrogen and oxygen atoms in total. The van der Waals surface area contributed by atoms with Crippen molar-refractivity contribution in [3.05, 3.63) is 48.7 Å². The second-order valence-corrected chi connectivity index (χ2v) is 3.76. The third-order valence-corrected chi connectivity index (χ3v) is 2.66. The summed E-state index contributed by atoms with van der Waals surface area (Å²) in [5, 5.41) is 3.85. The van der Waals surface area contributed by atoms with E-state index < -0.39 is 0 Å². The van der Waals surface area contributed by atoms with E-state index in [9.17, 15) is 4.39 Å². The largest absolute Gasteiger partial charge is 0.472 e. The number of aromatic nitrogens is 1. The van der Waals surface area contributed by atoms with Crippen molar-refractivity contribution in [2.45, 2.75) is 0 Å². The summed E-state index contributed by atoms with van der Waals surface area (Å²) in [6.45, 7) is 0. The molecule has 90 valence electrons. The SMILES string of the molecule is Nc1onc(-c2ccoc2)c1-c1ccccc1F. The lowest BCUT2D eigenvalue weighted by molar-refractivity contribution is 0.439. The number of anilines is 1. The van der Waals surface area contributed by atoms with Crippen LogP contribution in [-0.2, 0) is 0 Å². The van der Waals surface area contributed by atoms with Crippen LogP contribution < -0.4 is 5.73 Å². The Bertz CT molecular complexity index is 674. The van der Waals surface area contributed by atoms with Crippen LogP contribution in [-0.4, -0.2) is 5.16 Å². The number of hydrogen-bond acceptors (Lipinski definition) is 4. The number of furan rings is 1. The van der Waals surface area contributed by atoms with Crippen molar-refractivity contribution in [2.24, 2.45) is 0 Å². The summed E-state index contributed by atoms with van der Waals surface area (Å²) < 4.78 is 23.7. The zero-order valence-corrected chi connectivity index (χ0v) is 9.26. The first-order valence-corrected chi connectivity index (χ1v) is 5.30. The molecule has 0 spiro atoms. The Hall–Kier alpha value is -2.56. The van der Waals surface area contributed by atoms with Gasteiger partial charge in [0, 0.05) is 11.1 Å². The van der Waals surface area contributed by atoms with Crippen molar-refractivity contribution >= 4 is 5.88 Å². The minimum Gasteiger partial charge on any atom is -0.472 e. The molecule has 3 rings (SSSR count). The van der Waals surface area contributed by atoms with Crippen molar-refractivity contribution < 1.29 is 13.3 Å². The van der Waals surface area contributed by atoms with E-state index in [1.54, 1.807) is 24.3 Å². The van der Waals surface area contributed by atoms with E-state index in [1.165, 1.54) is 18.6 Å². The Kier molecular flexibility index (Phi) is 2.37. The van der Waals surface area contributed by atoms with Gasteiger partial charge in [0.15, 0.2) is 0 Å². The molecular weight excluding hydrogens is 235 g/mol. The standard InChI is InChI=1S/C13H9FN2O2/c14-10-4-2-1-3-9(10)11-12(16-18-13(11)15)8-5-6-17-7-8/h1-7H,15H2. The maximum atomic E-state index is 13.8. The van der Waals surface area contributed by atoms with Gasteiger partial charge in [-0.15, -0.1) is 0 Å². The van der Waals surface area contributed by atoms with Crippen LogP contribution in [0, 0.1) is 5.82 Å². The third-order valence-electron chi connectivity index (χ3n) is 2.66. The molecule has 0 aliphatic carbocycles. The predicted octanol–water partition coefficient (Wildman–Crippen LogP) is 3.32. The molecular formula is C13H9FN2O2. The maximum absolute atomic E-state index is 13.8. The summed E-state index contributed by atoms with van der Waals surface area (Å²) in [5.74, 6) is -0.298. The number of hydrogen-bond donors (Lipinski definition) is 1. The van der Waals surface area contributed by atoms with E-state index in [4.69, 9.17) is 14.7 Å². The molecule has 2 aromatic heterocycles. The normalized spacial score (nSPS) is 10.7. The van der Waals surface area contributed by atoms with Crippen LogP contribution in [0.25, 0.3) is 22.4 Å². The molecule has 0 radical (unpaired) electrons. The number of halogens is 1. The van der Waals surface area contributed by atoms with Gasteiger partial charge < -0.3 is 14.7 Å². The summed E-state index contributed by atoms with van der Waals surface area (Å²) in [6.07, 6.45) is 3.01. The fourth-order valence-electron chi connectivity index (χ4n) is 1.82. The van der Waals surface area contributed by atoms with Gasteiger partial charge in [-0.3, -0.25) is 0 Å². The molecule has 18 heavy (non-hydrogen) atoms. The number of nitrogens with zero attached hydrogens (tertiary/aromatic N) is 1. The molecule has 3 aromatic rings. The monoisotopic (exact) mass is 244 g/mol. The molecule has 2 N–H and O–H groups in total. The van der Waals surface area contributed by atoms with Crippen molar-refractivity contribution in [3.63, 3.8) is 0 Å². The summed E-state index contributed by atoms with van der Waals surface area (Å²) in [5.41, 5.74) is 7.67. The summed E-state index contributed by atoms with van der Waals surface area (Å²) in [6, 6.07) is 8.04. The Morgan fingerprint density at radius 1 is 1.17 bits per heavy atom. The zero-order valence-electron chi connectivity index (χ0n) is 9.26. The van der Waals surface area contributed by atoms with Gasteiger partial charge >= 0.3 is 0 Å². The van der Waals surface area contributed by atoms with Crippen molar-refractivity contribution in [3.8, 4) is 22.4 Å². The first kappa shape index (κ1) is 10.6. The van der Waals surface area contributed by atoms with Gasteiger partial charge in [-0.05, 0) is 12.1 Å². The van der Waals surface area contributed by atoms with E-state index in [2.05, 4.69) is 5.16 Å². The van der Waals surface area contributed by atoms with Gasteiger partial charge in [0.25, 0.3) is 0 Å². The van der Waals surface area contributed by atoms with Crippen molar-refractivity contribution in [1.82, 2.24) is 5.16 Å². The lowest BCUT2D eigenvalue weighted by atomic mass is 10.0. The summed E-state index contributed by atoms with van der Waals surface area (Å²) in [4.78, 5) is 0. The van der Waals surface area contributed by atoms with E-state index in [1.807, 2.05) is 0 Å². The highest BCUT2D eigenvalue weighted by atomic mass is 19.1. The first-order valence-electron chi connectivity index (χ1n) is 5.30. The van der Waals surface area contributed by atoms with Crippen molar-refractivity contribution in [2.75, 3.05) is 5.73 Å². The first-order chi connectivity index (χ1) is 8.77. The molecule has 0 unspecified atom stereocenters. The van der Waals surface area contributed by atoms with Crippen LogP contribution in [0.2, 0.25) is 0 Å². The highest BCUT2D eigenvalue weighted by molar-refractivity contribution is 5.86. The Balaban J connectivity index is 2.24. The predicted molar refractivity (Wildman–Crippen MR) is 64.0 cm³/mol. The Labute approximate surface area is 102 Å². The fourth-order valence-corrected chi connectivity index (χ4v) is 1.82. The quantitative estimate of drug-likeness (QED) is 0.750. The molecule has 0 saturated heterocycles. The molecule has 5 heteroatoms. The number of benzene rings is 1. The Morgan fingerprint density at radius 2 is 2.00 bits per heavy atom. The number of nitrogens with two attached hydrogens (primary N) is 1. The smallest absolute Gasteiger partial charge is 0.230 e. The molecule has 0 bridgehead atoms. The zero-order chi connectivity index (χ0) is 12.5. The van der Waals surface area contributed by atoms with Crippen LogP contribution in [0.1, 0.15) is 0 Å². The van der Waals surface area contributed by atoms with Crippen LogP contribution in [0.15, 0.2) is 51.8 Å². The van der Waals surface area contributed by atoms with E-state index in [-0.39, 0.29) is 11.7 Å². The topological polar surface area (TPSA) is 65.2 Å². The lowest BCUT2D eigenvalue weighted by Gasteiger charge is -2.02. The van der Waals surface area contributed by atoms with Crippen LogP contribution >= 0.6 is 0 Å². The van der Waals surface area contributed by atoms with E-state index in [0.29, 0.717) is 22.4 Å². The summed E-state index contributed by atoms with van der Waals surface area (Å²) >= 11 is 0. The average molecular weight is 244 g/mol. The van der Waals surface area contributed by atoms with Gasteiger partial charge in [0.2, 0.25) is 5.88 Å². The van der Waals surface area contributed by atoms with E-state index >= 15 is 0 Å². The highest BCUT2D eigenvalue weighted by Gasteiger charge is 2.20. The molecule has 0 atom stereocenters. The molecule has 0 amide bonds. The minimum atomic E-state index is -0.378. The molecule has 2 heterocycles. The molecule has 0 fully saturated rings. The van der Waals surface area contributed by atoms with Gasteiger partial charge in [-0.2, -0.15) is 0 Å². The van der Waals surface area contributed by atoms with Crippen LogP contribution in [0.5, 0.6) is 0 Å². The number of nitrogen functional groups attached to an aromatic ring is 1. The van der Waals surface area contributed by atoms with Crippen molar-refractivity contribution in [1.29, 1.82) is 0 Å². The molecule has 0 aliphatic rings. The van der Waals surface area contributed by atoms with Gasteiger partial charge in [0.1, 0.15) is 11.5 Å². The number of rotatable bonds is 2. The second kappa shape index (κ2) is 4.03. The minimum absolute atomic E-state index is 0.0799. The average Bonchev–Trinajstić information content (AvgIpc) is 2.99. The lowest BCUT2D eigenvalue weighted by Crippen LogP contribution is -1.90. The van der Waals surface area contributed by atoms with Gasteiger partial charge in [0.05, 0.1) is 18.1 Å². The third kappa shape index (κ3) is 1.57. The van der Waals surface area contributed by atoms with Gasteiger partial charge in [-0.1, -0.05) is 23.4 Å². The van der Waals surface area contributed by atoms with Crippen LogP contribution in [0.3, 0.4) is 0 Å². The molecule has 0 aliphatic heterocycles. The fraction of sp³-hybridized carbons (Fsp3) is 0. The molecule has 1 aromatic carbocycles. The second-order valence-electron chi connectivity index (χ2n) is 3.76.